The molecule has 0 aliphatic rings. The van der Waals surface area contributed by atoms with Gasteiger partial charge in [0.25, 0.3) is 0 Å². The summed E-state index contributed by atoms with van der Waals surface area (Å²) < 4.78 is 4.04. The predicted octanol–water partition coefficient (Wildman–Crippen LogP) is 4.77. The smallest absolute Gasteiger partial charge is 0.0529 e. The van der Waals surface area contributed by atoms with Gasteiger partial charge in [-0.3, -0.25) is 0 Å². The molecular formula is C10H5ClS2. The third-order valence-corrected chi connectivity index (χ3v) is 4.47. The molecule has 0 spiro atoms. The second kappa shape index (κ2) is 2.71. The number of thiophene rings is 2. The summed E-state index contributed by atoms with van der Waals surface area (Å²) in [5.41, 5.74) is 0. The van der Waals surface area contributed by atoms with Gasteiger partial charge in [0.15, 0.2) is 0 Å². The summed E-state index contributed by atoms with van der Waals surface area (Å²) in [6.07, 6.45) is 0. The molecule has 0 N–H and O–H groups in total. The molecule has 1 aromatic carbocycles. The van der Waals surface area contributed by atoms with E-state index in [2.05, 4.69) is 17.5 Å². The number of hydrogen-bond donors (Lipinski definition) is 0. The number of rotatable bonds is 0. The lowest BCUT2D eigenvalue weighted by molar-refractivity contribution is 1.87. The first-order valence-electron chi connectivity index (χ1n) is 3.90. The van der Waals surface area contributed by atoms with Crippen LogP contribution in [0.1, 0.15) is 0 Å². The van der Waals surface area contributed by atoms with Gasteiger partial charge < -0.3 is 0 Å². The van der Waals surface area contributed by atoms with Crippen molar-refractivity contribution in [1.29, 1.82) is 0 Å². The third kappa shape index (κ3) is 1.10. The first-order valence-corrected chi connectivity index (χ1v) is 5.97. The zero-order valence-electron chi connectivity index (χ0n) is 6.58. The zero-order chi connectivity index (χ0) is 8.84. The number of halogens is 1. The van der Waals surface area contributed by atoms with Crippen LogP contribution in [0.2, 0.25) is 5.02 Å². The van der Waals surface area contributed by atoms with E-state index in [9.17, 15) is 0 Å². The summed E-state index contributed by atoms with van der Waals surface area (Å²) >= 11 is 9.53. The van der Waals surface area contributed by atoms with E-state index in [4.69, 9.17) is 11.6 Å². The predicted molar refractivity (Wildman–Crippen MR) is 62.2 cm³/mol. The van der Waals surface area contributed by atoms with Crippen LogP contribution in [0.15, 0.2) is 29.6 Å². The Morgan fingerprint density at radius 1 is 1.08 bits per heavy atom. The van der Waals surface area contributed by atoms with Gasteiger partial charge in [-0.1, -0.05) is 17.7 Å². The van der Waals surface area contributed by atoms with Crippen LogP contribution in [0.25, 0.3) is 19.5 Å². The maximum Gasteiger partial charge on any atom is 0.0529 e. The fourth-order valence-corrected chi connectivity index (χ4v) is 3.99. The molecule has 3 rings (SSSR count). The highest BCUT2D eigenvalue weighted by molar-refractivity contribution is 7.32. The van der Waals surface area contributed by atoms with Crippen LogP contribution >= 0.6 is 34.3 Å². The Hall–Kier alpha value is -0.570. The highest BCUT2D eigenvalue weighted by Crippen LogP contribution is 2.38. The standard InChI is InChI=1S/C10H5ClS2/c11-6-1-2-7-9(5-6)13-8-3-4-12-10(7)8/h1-5H. The Bertz CT molecular complexity index is 577. The Morgan fingerprint density at radius 2 is 2.00 bits per heavy atom. The molecule has 2 heterocycles. The molecule has 0 radical (unpaired) electrons. The molecular weight excluding hydrogens is 220 g/mol. The van der Waals surface area contributed by atoms with E-state index in [1.807, 2.05) is 23.5 Å². The topological polar surface area (TPSA) is 0 Å². The van der Waals surface area contributed by atoms with Gasteiger partial charge in [0.2, 0.25) is 0 Å². The number of fused-ring (bicyclic) bond motifs is 3. The van der Waals surface area contributed by atoms with Gasteiger partial charge in [-0.25, -0.2) is 0 Å². The average molecular weight is 225 g/mol. The van der Waals surface area contributed by atoms with Crippen LogP contribution in [0.5, 0.6) is 0 Å². The molecule has 64 valence electrons. The van der Waals surface area contributed by atoms with Crippen LogP contribution in [-0.4, -0.2) is 0 Å². The summed E-state index contributed by atoms with van der Waals surface area (Å²) in [5, 5.41) is 4.29. The summed E-state index contributed by atoms with van der Waals surface area (Å²) in [6, 6.07) is 8.26. The van der Waals surface area contributed by atoms with E-state index in [0.29, 0.717) is 0 Å². The van der Waals surface area contributed by atoms with Crippen molar-refractivity contribution < 1.29 is 0 Å². The minimum atomic E-state index is 0.821. The van der Waals surface area contributed by atoms with Crippen LogP contribution in [0.4, 0.5) is 0 Å². The zero-order valence-corrected chi connectivity index (χ0v) is 8.97. The normalized spacial score (nSPS) is 11.5. The van der Waals surface area contributed by atoms with Gasteiger partial charge >= 0.3 is 0 Å². The second-order valence-electron chi connectivity index (χ2n) is 2.86. The molecule has 0 unspecified atom stereocenters. The summed E-state index contributed by atoms with van der Waals surface area (Å²) in [7, 11) is 0. The van der Waals surface area contributed by atoms with Crippen molar-refractivity contribution in [2.24, 2.45) is 0 Å². The summed E-state index contributed by atoms with van der Waals surface area (Å²) in [6.45, 7) is 0. The molecule has 2 aromatic heterocycles. The molecule has 0 bridgehead atoms. The molecule has 0 fully saturated rings. The molecule has 0 nitrogen and oxygen atoms in total. The second-order valence-corrected chi connectivity index (χ2v) is 5.29. The fraction of sp³-hybridized carbons (Fsp3) is 0. The van der Waals surface area contributed by atoms with Crippen LogP contribution in [0, 0.1) is 0 Å². The molecule has 0 saturated carbocycles. The van der Waals surface area contributed by atoms with Gasteiger partial charge in [0, 0.05) is 19.8 Å². The van der Waals surface area contributed by atoms with Crippen LogP contribution in [0.3, 0.4) is 0 Å². The first-order chi connectivity index (χ1) is 6.34. The van der Waals surface area contributed by atoms with Crippen molar-refractivity contribution in [3.05, 3.63) is 34.7 Å². The fourth-order valence-electron chi connectivity index (χ4n) is 1.46. The van der Waals surface area contributed by atoms with Gasteiger partial charge in [-0.05, 0) is 23.6 Å². The third-order valence-electron chi connectivity index (χ3n) is 2.04. The molecule has 0 saturated heterocycles. The quantitative estimate of drug-likeness (QED) is 0.516. The van der Waals surface area contributed by atoms with E-state index in [1.165, 1.54) is 19.5 Å². The SMILES string of the molecule is Clc1ccc2c(c1)sc1ccsc12. The van der Waals surface area contributed by atoms with E-state index in [-0.39, 0.29) is 0 Å². The number of hydrogen-bond acceptors (Lipinski definition) is 2. The van der Waals surface area contributed by atoms with Crippen molar-refractivity contribution in [2.75, 3.05) is 0 Å². The van der Waals surface area contributed by atoms with Gasteiger partial charge in [0.05, 0.1) is 4.70 Å². The average Bonchev–Trinajstić information content (AvgIpc) is 2.62. The van der Waals surface area contributed by atoms with E-state index in [0.717, 1.165) is 5.02 Å². The molecule has 0 aliphatic heterocycles. The van der Waals surface area contributed by atoms with Crippen LogP contribution in [-0.2, 0) is 0 Å². The van der Waals surface area contributed by atoms with Gasteiger partial charge in [-0.2, -0.15) is 0 Å². The summed E-state index contributed by atoms with van der Waals surface area (Å²) in [5.74, 6) is 0. The Kier molecular flexibility index (Phi) is 1.62. The summed E-state index contributed by atoms with van der Waals surface area (Å²) in [4.78, 5) is 0. The lowest BCUT2D eigenvalue weighted by atomic mass is 10.2. The van der Waals surface area contributed by atoms with Gasteiger partial charge in [-0.15, -0.1) is 22.7 Å². The van der Waals surface area contributed by atoms with Crippen molar-refractivity contribution in [1.82, 2.24) is 0 Å². The van der Waals surface area contributed by atoms with Crippen molar-refractivity contribution >= 4 is 53.8 Å². The van der Waals surface area contributed by atoms with Crippen LogP contribution < -0.4 is 0 Å². The highest BCUT2D eigenvalue weighted by Gasteiger charge is 2.05. The molecule has 0 amide bonds. The minimum Gasteiger partial charge on any atom is -0.142 e. The lowest BCUT2D eigenvalue weighted by Crippen LogP contribution is -1.62. The van der Waals surface area contributed by atoms with E-state index >= 15 is 0 Å². The Morgan fingerprint density at radius 3 is 2.92 bits per heavy atom. The maximum absolute atomic E-state index is 5.92. The number of benzene rings is 1. The minimum absolute atomic E-state index is 0.821. The van der Waals surface area contributed by atoms with E-state index < -0.39 is 0 Å². The lowest BCUT2D eigenvalue weighted by Gasteiger charge is -1.89. The molecule has 3 aromatic rings. The van der Waals surface area contributed by atoms with Crippen molar-refractivity contribution in [2.45, 2.75) is 0 Å². The monoisotopic (exact) mass is 224 g/mol. The largest absolute Gasteiger partial charge is 0.142 e. The highest BCUT2D eigenvalue weighted by atomic mass is 35.5. The Balaban J connectivity index is 2.59. The van der Waals surface area contributed by atoms with Crippen molar-refractivity contribution in [3.8, 4) is 0 Å². The van der Waals surface area contributed by atoms with Crippen molar-refractivity contribution in [3.63, 3.8) is 0 Å². The Labute approximate surface area is 88.4 Å². The molecule has 3 heteroatoms. The maximum atomic E-state index is 5.92. The van der Waals surface area contributed by atoms with Gasteiger partial charge in [0.1, 0.15) is 0 Å². The molecule has 0 aliphatic carbocycles. The molecule has 0 atom stereocenters. The first kappa shape index (κ1) is 7.80. The molecule has 13 heavy (non-hydrogen) atoms. The van der Waals surface area contributed by atoms with E-state index in [1.54, 1.807) is 11.3 Å².